The van der Waals surface area contributed by atoms with Crippen molar-refractivity contribution in [2.45, 2.75) is 39.8 Å². The highest BCUT2D eigenvalue weighted by Gasteiger charge is 2.14. The van der Waals surface area contributed by atoms with Gasteiger partial charge in [-0.15, -0.1) is 0 Å². The van der Waals surface area contributed by atoms with Crippen LogP contribution in [0.15, 0.2) is 73.3 Å². The molecular weight excluding hydrogens is 462 g/mol. The minimum atomic E-state index is -0.731. The maximum atomic E-state index is 9.36. The second-order valence-electron chi connectivity index (χ2n) is 9.17. The zero-order chi connectivity index (χ0) is 23.8. The number of nitrogens with one attached hydrogen (secondary N) is 1. The van der Waals surface area contributed by atoms with E-state index in [0.29, 0.717) is 0 Å². The zero-order valence-corrected chi connectivity index (χ0v) is 22.6. The van der Waals surface area contributed by atoms with Crippen LogP contribution in [0.2, 0.25) is 0 Å². The molecule has 0 unspecified atom stereocenters. The first-order valence-corrected chi connectivity index (χ1v) is 11.1. The van der Waals surface area contributed by atoms with E-state index < -0.39 is 5.90 Å². The number of hydrogen-bond donors (Lipinski definition) is 1. The molecule has 0 fully saturated rings. The monoisotopic (exact) mass is 505 g/mol. The molecule has 0 atom stereocenters. The van der Waals surface area contributed by atoms with Gasteiger partial charge >= 0.3 is 0 Å². The van der Waals surface area contributed by atoms with Crippen molar-refractivity contribution in [2.24, 2.45) is 0 Å². The summed E-state index contributed by atoms with van der Waals surface area (Å²) in [6.45, 7) is 12.3. The Balaban J connectivity index is 0. The Kier molecular flexibility index (Phi) is 17.7. The van der Waals surface area contributed by atoms with E-state index in [9.17, 15) is 5.11 Å². The highest BCUT2D eigenvalue weighted by Crippen LogP contribution is 2.10. The van der Waals surface area contributed by atoms with Crippen LogP contribution < -0.4 is 22.1 Å². The van der Waals surface area contributed by atoms with E-state index >= 15 is 0 Å². The fourth-order valence-corrected chi connectivity index (χ4v) is 3.52. The van der Waals surface area contributed by atoms with Gasteiger partial charge in [-0.1, -0.05) is 87.2 Å². The Morgan fingerprint density at radius 1 is 0.781 bits per heavy atom. The van der Waals surface area contributed by atoms with E-state index in [0.717, 1.165) is 28.1 Å². The molecule has 0 radical (unpaired) electrons. The van der Waals surface area contributed by atoms with Crippen LogP contribution in [0.3, 0.4) is 0 Å². The summed E-state index contributed by atoms with van der Waals surface area (Å²) in [7, 11) is 9.15. The molecule has 32 heavy (non-hydrogen) atoms. The highest BCUT2D eigenvalue weighted by molar-refractivity contribution is 5.79. The molecule has 2 aromatic carbocycles. The van der Waals surface area contributed by atoms with Crippen LogP contribution in [0.1, 0.15) is 37.8 Å². The molecule has 0 saturated heterocycles. The average Bonchev–Trinajstić information content (AvgIpc) is 2.69. The summed E-state index contributed by atoms with van der Waals surface area (Å²) < 4.78 is 2.17. The maximum absolute atomic E-state index is 9.36. The average molecular weight is 507 g/mol. The molecule has 0 saturated carbocycles. The molecule has 0 aliphatic heterocycles. The lowest BCUT2D eigenvalue weighted by atomic mass is 10.2. The summed E-state index contributed by atoms with van der Waals surface area (Å²) in [6.07, 6.45) is 3.44. The smallest absolute Gasteiger partial charge is 0.104 e. The summed E-state index contributed by atoms with van der Waals surface area (Å²) in [5.41, 5.74) is 2.86. The molecular formula is C27H44BrN3O. The van der Waals surface area contributed by atoms with E-state index in [-0.39, 0.29) is 17.0 Å². The number of hydrogen-bond acceptors (Lipinski definition) is 2. The second kappa shape index (κ2) is 17.6. The summed E-state index contributed by atoms with van der Waals surface area (Å²) in [5.74, 6) is -0.731. The summed E-state index contributed by atoms with van der Waals surface area (Å²) in [6, 6.07) is 21.4. The van der Waals surface area contributed by atoms with Gasteiger partial charge in [0.2, 0.25) is 0 Å². The van der Waals surface area contributed by atoms with E-state index in [1.807, 2.05) is 0 Å². The molecule has 180 valence electrons. The van der Waals surface area contributed by atoms with E-state index in [1.165, 1.54) is 37.1 Å². The molecule has 1 N–H and O–H groups in total. The Labute approximate surface area is 207 Å². The predicted octanol–water partition coefficient (Wildman–Crippen LogP) is 1.86. The first-order valence-electron chi connectivity index (χ1n) is 11.1. The fourth-order valence-electron chi connectivity index (χ4n) is 3.52. The molecule has 0 bridgehead atoms. The van der Waals surface area contributed by atoms with Crippen LogP contribution in [0.4, 0.5) is 0 Å². The first-order chi connectivity index (χ1) is 14.5. The lowest BCUT2D eigenvalue weighted by Crippen LogP contribution is -3.00. The molecule has 0 heterocycles. The van der Waals surface area contributed by atoms with Gasteiger partial charge in [0.1, 0.15) is 13.1 Å². The van der Waals surface area contributed by atoms with Gasteiger partial charge in [0.05, 0.1) is 41.3 Å². The van der Waals surface area contributed by atoms with Gasteiger partial charge in [0, 0.05) is 11.1 Å². The molecule has 0 aromatic heterocycles. The molecule has 0 aliphatic carbocycles. The Morgan fingerprint density at radius 2 is 1.06 bits per heavy atom. The van der Waals surface area contributed by atoms with E-state index in [1.54, 1.807) is 0 Å². The third-order valence-electron chi connectivity index (χ3n) is 4.75. The van der Waals surface area contributed by atoms with Gasteiger partial charge in [-0.2, -0.15) is 0 Å². The number of quaternary nitrogens is 2. The van der Waals surface area contributed by atoms with Gasteiger partial charge < -0.3 is 36.5 Å². The van der Waals surface area contributed by atoms with Gasteiger partial charge in [0.25, 0.3) is 0 Å². The predicted molar refractivity (Wildman–Crippen MR) is 133 cm³/mol. The minimum Gasteiger partial charge on any atom is -1.00 e. The largest absolute Gasteiger partial charge is 1.00 e. The van der Waals surface area contributed by atoms with Crippen LogP contribution in [-0.4, -0.2) is 56.1 Å². The SMILES string of the molecule is C=CC(=N)[O-].CCC[N+](C)(C)Cc1ccccc1.CCC[N+](C)(C)Cc1ccccc1.[Br-]. The molecule has 0 spiro atoms. The topological polar surface area (TPSA) is 46.9 Å². The van der Waals surface area contributed by atoms with Crippen molar-refractivity contribution in [2.75, 3.05) is 41.3 Å². The number of benzene rings is 2. The quantitative estimate of drug-likeness (QED) is 0.315. The number of nitrogens with zero attached hydrogens (tertiary/aromatic N) is 2. The van der Waals surface area contributed by atoms with Crippen molar-refractivity contribution in [1.29, 1.82) is 5.41 Å². The van der Waals surface area contributed by atoms with Crippen LogP contribution in [0.25, 0.3) is 0 Å². The highest BCUT2D eigenvalue weighted by atomic mass is 79.9. The summed E-state index contributed by atoms with van der Waals surface area (Å²) >= 11 is 0. The van der Waals surface area contributed by atoms with Crippen molar-refractivity contribution < 1.29 is 31.1 Å². The molecule has 4 nitrogen and oxygen atoms in total. The van der Waals surface area contributed by atoms with Crippen LogP contribution in [0, 0.1) is 5.41 Å². The van der Waals surface area contributed by atoms with Crippen LogP contribution in [-0.2, 0) is 13.1 Å². The molecule has 0 aliphatic rings. The van der Waals surface area contributed by atoms with Crippen LogP contribution in [0.5, 0.6) is 0 Å². The molecule has 2 rings (SSSR count). The van der Waals surface area contributed by atoms with Gasteiger partial charge in [0.15, 0.2) is 0 Å². The minimum absolute atomic E-state index is 0. The standard InChI is InChI=1S/2C12H20N.C3H5NO.BrH/c2*1-4-10-13(2,3)11-12-8-6-5-7-9-12;1-2-3(4)5;/h2*5-9H,4,10-11H2,1-3H3;2H,1H2,(H2,4,5);1H/q2*+1;;/p-2. The van der Waals surface area contributed by atoms with Crippen molar-refractivity contribution in [3.8, 4) is 0 Å². The third-order valence-corrected chi connectivity index (χ3v) is 4.75. The van der Waals surface area contributed by atoms with Gasteiger partial charge in [-0.25, -0.2) is 0 Å². The fraction of sp³-hybridized carbons (Fsp3) is 0.444. The summed E-state index contributed by atoms with van der Waals surface area (Å²) in [5, 5.41) is 15.4. The van der Waals surface area contributed by atoms with E-state index in [4.69, 9.17) is 5.41 Å². The second-order valence-corrected chi connectivity index (χ2v) is 9.17. The normalized spacial score (nSPS) is 10.4. The maximum Gasteiger partial charge on any atom is 0.104 e. The third kappa shape index (κ3) is 17.7. The zero-order valence-electron chi connectivity index (χ0n) is 21.0. The Bertz CT molecular complexity index is 676. The Hall–Kier alpha value is -1.95. The van der Waals surface area contributed by atoms with Gasteiger partial charge in [-0.05, 0) is 18.7 Å². The Morgan fingerprint density at radius 3 is 1.28 bits per heavy atom. The first kappa shape index (κ1) is 32.2. The van der Waals surface area contributed by atoms with Crippen molar-refractivity contribution in [3.05, 3.63) is 84.4 Å². The number of rotatable bonds is 9. The van der Waals surface area contributed by atoms with Crippen molar-refractivity contribution in [3.63, 3.8) is 0 Å². The van der Waals surface area contributed by atoms with Crippen LogP contribution >= 0.6 is 0 Å². The molecule has 2 aromatic rings. The number of halogens is 1. The molecule has 0 amide bonds. The van der Waals surface area contributed by atoms with Gasteiger partial charge in [-0.3, -0.25) is 0 Å². The lowest BCUT2D eigenvalue weighted by molar-refractivity contribution is -0.903. The van der Waals surface area contributed by atoms with Crippen molar-refractivity contribution >= 4 is 5.90 Å². The van der Waals surface area contributed by atoms with Crippen molar-refractivity contribution in [1.82, 2.24) is 0 Å². The molecule has 5 heteroatoms. The summed E-state index contributed by atoms with van der Waals surface area (Å²) in [4.78, 5) is 0. The lowest BCUT2D eigenvalue weighted by Gasteiger charge is -2.29. The van der Waals surface area contributed by atoms with E-state index in [2.05, 4.69) is 109 Å².